The lowest BCUT2D eigenvalue weighted by atomic mass is 9.99. The van der Waals surface area contributed by atoms with Crippen LogP contribution in [-0.4, -0.2) is 23.7 Å². The molecular formula is C23H28ClNO6. The standard InChI is InChI=1S/C23H28ClNO6/c1-6-12(2)19(25-22(28)31-23(3,4)5)21(27)30-18-11-17-15(10-16(18)24)13-8-7-9-14(13)20(26)29-17/h10-12,19H,6-9H2,1-5H3,(H,25,28)/t12-,19-/m1/s1. The Morgan fingerprint density at radius 2 is 1.90 bits per heavy atom. The Kier molecular flexibility index (Phi) is 6.65. The van der Waals surface area contributed by atoms with E-state index in [1.165, 1.54) is 6.07 Å². The molecule has 0 unspecified atom stereocenters. The minimum Gasteiger partial charge on any atom is -0.444 e. The quantitative estimate of drug-likeness (QED) is 0.401. The monoisotopic (exact) mass is 449 g/mol. The highest BCUT2D eigenvalue weighted by molar-refractivity contribution is 6.33. The normalized spacial score (nSPS) is 15.3. The molecule has 0 saturated carbocycles. The summed E-state index contributed by atoms with van der Waals surface area (Å²) in [7, 11) is 0. The molecular weight excluding hydrogens is 422 g/mol. The highest BCUT2D eigenvalue weighted by Gasteiger charge is 2.31. The molecule has 7 nitrogen and oxygen atoms in total. The molecule has 0 fully saturated rings. The van der Waals surface area contributed by atoms with Crippen LogP contribution in [0, 0.1) is 5.92 Å². The number of carbonyl (C=O) groups is 2. The van der Waals surface area contributed by atoms with Gasteiger partial charge >= 0.3 is 17.7 Å². The zero-order valence-electron chi connectivity index (χ0n) is 18.5. The molecule has 1 aliphatic rings. The molecule has 2 aromatic rings. The van der Waals surface area contributed by atoms with E-state index in [2.05, 4.69) is 5.32 Å². The Hall–Kier alpha value is -2.54. The van der Waals surface area contributed by atoms with E-state index in [1.54, 1.807) is 26.8 Å². The first-order valence-electron chi connectivity index (χ1n) is 10.5. The second-order valence-electron chi connectivity index (χ2n) is 8.91. The molecule has 1 amide bonds. The summed E-state index contributed by atoms with van der Waals surface area (Å²) in [5.74, 6) is -0.815. The summed E-state index contributed by atoms with van der Waals surface area (Å²) in [6, 6.07) is 2.18. The number of hydrogen-bond donors (Lipinski definition) is 1. The third kappa shape index (κ3) is 5.21. The van der Waals surface area contributed by atoms with E-state index in [0.717, 1.165) is 23.8 Å². The van der Waals surface area contributed by atoms with Gasteiger partial charge in [0.1, 0.15) is 17.2 Å². The van der Waals surface area contributed by atoms with Gasteiger partial charge in [-0.05, 0) is 57.6 Å². The summed E-state index contributed by atoms with van der Waals surface area (Å²) in [5.41, 5.74) is 0.872. The molecule has 3 rings (SSSR count). The summed E-state index contributed by atoms with van der Waals surface area (Å²) in [5, 5.41) is 3.57. The lowest BCUT2D eigenvalue weighted by Gasteiger charge is -2.25. The number of fused-ring (bicyclic) bond motifs is 3. The van der Waals surface area contributed by atoms with E-state index in [0.29, 0.717) is 24.0 Å². The number of halogens is 1. The number of hydrogen-bond acceptors (Lipinski definition) is 6. The maximum Gasteiger partial charge on any atom is 0.408 e. The van der Waals surface area contributed by atoms with Gasteiger partial charge in [0, 0.05) is 17.0 Å². The van der Waals surface area contributed by atoms with Gasteiger partial charge in [-0.1, -0.05) is 31.9 Å². The van der Waals surface area contributed by atoms with Crippen LogP contribution >= 0.6 is 11.6 Å². The maximum atomic E-state index is 12.9. The molecule has 1 aromatic carbocycles. The maximum absolute atomic E-state index is 12.9. The fraction of sp³-hybridized carbons (Fsp3) is 0.522. The third-order valence-corrected chi connectivity index (χ3v) is 5.67. The van der Waals surface area contributed by atoms with Crippen molar-refractivity contribution in [3.8, 4) is 5.75 Å². The van der Waals surface area contributed by atoms with E-state index < -0.39 is 23.7 Å². The molecule has 0 radical (unpaired) electrons. The number of aryl methyl sites for hydroxylation is 1. The number of ether oxygens (including phenoxy) is 2. The molecule has 31 heavy (non-hydrogen) atoms. The molecule has 0 spiro atoms. The predicted octanol–water partition coefficient (Wildman–Crippen LogP) is 4.78. The Balaban J connectivity index is 1.87. The van der Waals surface area contributed by atoms with Gasteiger partial charge in [-0.25, -0.2) is 14.4 Å². The van der Waals surface area contributed by atoms with Crippen molar-refractivity contribution >= 4 is 34.6 Å². The zero-order valence-corrected chi connectivity index (χ0v) is 19.2. The first-order valence-corrected chi connectivity index (χ1v) is 10.9. The Morgan fingerprint density at radius 3 is 2.55 bits per heavy atom. The van der Waals surface area contributed by atoms with Crippen molar-refractivity contribution in [3.63, 3.8) is 0 Å². The number of nitrogens with one attached hydrogen (secondary N) is 1. The van der Waals surface area contributed by atoms with Crippen LogP contribution in [0.2, 0.25) is 5.02 Å². The summed E-state index contributed by atoms with van der Waals surface area (Å²) in [6.07, 6.45) is 2.28. The van der Waals surface area contributed by atoms with E-state index >= 15 is 0 Å². The number of carbonyl (C=O) groups excluding carboxylic acids is 2. The van der Waals surface area contributed by atoms with Crippen molar-refractivity contribution in [1.82, 2.24) is 5.32 Å². The van der Waals surface area contributed by atoms with Crippen LogP contribution in [-0.2, 0) is 22.4 Å². The molecule has 1 aliphatic carbocycles. The SMILES string of the molecule is CC[C@@H](C)[C@@H](NC(=O)OC(C)(C)C)C(=O)Oc1cc2oc(=O)c3c(c2cc1Cl)CCC3. The van der Waals surface area contributed by atoms with Gasteiger partial charge in [-0.15, -0.1) is 0 Å². The van der Waals surface area contributed by atoms with E-state index in [-0.39, 0.29) is 22.3 Å². The van der Waals surface area contributed by atoms with E-state index in [9.17, 15) is 14.4 Å². The van der Waals surface area contributed by atoms with Crippen LogP contribution < -0.4 is 15.7 Å². The van der Waals surface area contributed by atoms with Crippen molar-refractivity contribution in [3.05, 3.63) is 38.7 Å². The highest BCUT2D eigenvalue weighted by Crippen LogP contribution is 2.35. The number of benzene rings is 1. The van der Waals surface area contributed by atoms with Crippen LogP contribution in [0.15, 0.2) is 21.3 Å². The fourth-order valence-corrected chi connectivity index (χ4v) is 3.84. The number of amides is 1. The second-order valence-corrected chi connectivity index (χ2v) is 9.32. The first-order chi connectivity index (χ1) is 14.5. The van der Waals surface area contributed by atoms with E-state index in [1.807, 2.05) is 13.8 Å². The first kappa shape index (κ1) is 23.1. The summed E-state index contributed by atoms with van der Waals surface area (Å²) in [6.45, 7) is 8.95. The molecule has 8 heteroatoms. The lowest BCUT2D eigenvalue weighted by Crippen LogP contribution is -2.48. The number of esters is 1. The molecule has 0 saturated heterocycles. The summed E-state index contributed by atoms with van der Waals surface area (Å²) in [4.78, 5) is 37.4. The molecule has 2 atom stereocenters. The van der Waals surface area contributed by atoms with Crippen molar-refractivity contribution in [2.45, 2.75) is 71.9 Å². The largest absolute Gasteiger partial charge is 0.444 e. The van der Waals surface area contributed by atoms with E-state index in [4.69, 9.17) is 25.5 Å². The topological polar surface area (TPSA) is 94.8 Å². The number of rotatable bonds is 5. The molecule has 1 heterocycles. The van der Waals surface area contributed by atoms with Crippen LogP contribution in [0.4, 0.5) is 4.79 Å². The van der Waals surface area contributed by atoms with Gasteiger partial charge < -0.3 is 19.2 Å². The van der Waals surface area contributed by atoms with Crippen LogP contribution in [0.5, 0.6) is 5.75 Å². The second kappa shape index (κ2) is 8.91. The van der Waals surface area contributed by atoms with Crippen molar-refractivity contribution in [2.75, 3.05) is 0 Å². The smallest absolute Gasteiger partial charge is 0.408 e. The van der Waals surface area contributed by atoms with Crippen LogP contribution in [0.3, 0.4) is 0 Å². The third-order valence-electron chi connectivity index (χ3n) is 5.38. The average Bonchev–Trinajstić information content (AvgIpc) is 3.16. The number of alkyl carbamates (subject to hydrolysis) is 1. The minimum atomic E-state index is -0.932. The van der Waals surface area contributed by atoms with Gasteiger partial charge in [0.05, 0.1) is 5.02 Å². The predicted molar refractivity (Wildman–Crippen MR) is 118 cm³/mol. The van der Waals surface area contributed by atoms with Crippen molar-refractivity contribution < 1.29 is 23.5 Å². The van der Waals surface area contributed by atoms with Gasteiger partial charge in [-0.3, -0.25) is 0 Å². The Labute approximate surface area is 186 Å². The molecule has 0 aliphatic heterocycles. The van der Waals surface area contributed by atoms with Crippen LogP contribution in [0.1, 0.15) is 58.6 Å². The molecule has 0 bridgehead atoms. The average molecular weight is 450 g/mol. The minimum absolute atomic E-state index is 0.0690. The summed E-state index contributed by atoms with van der Waals surface area (Å²) >= 11 is 6.39. The Morgan fingerprint density at radius 1 is 1.23 bits per heavy atom. The van der Waals surface area contributed by atoms with Crippen LogP contribution in [0.25, 0.3) is 11.0 Å². The van der Waals surface area contributed by atoms with Gasteiger partial charge in [0.2, 0.25) is 0 Å². The van der Waals surface area contributed by atoms with Crippen molar-refractivity contribution in [1.29, 1.82) is 0 Å². The van der Waals surface area contributed by atoms with Gasteiger partial charge in [0.15, 0.2) is 5.75 Å². The molecule has 168 valence electrons. The molecule has 1 aromatic heterocycles. The zero-order chi connectivity index (χ0) is 22.9. The lowest BCUT2D eigenvalue weighted by molar-refractivity contribution is -0.138. The molecule has 1 N–H and O–H groups in total. The highest BCUT2D eigenvalue weighted by atomic mass is 35.5. The fourth-order valence-electron chi connectivity index (χ4n) is 3.64. The van der Waals surface area contributed by atoms with Gasteiger partial charge in [-0.2, -0.15) is 0 Å². The Bertz CT molecular complexity index is 1070. The summed E-state index contributed by atoms with van der Waals surface area (Å²) < 4.78 is 16.2. The van der Waals surface area contributed by atoms with Gasteiger partial charge in [0.25, 0.3) is 0 Å². The van der Waals surface area contributed by atoms with Crippen molar-refractivity contribution in [2.24, 2.45) is 5.92 Å².